The fourth-order valence-corrected chi connectivity index (χ4v) is 14.2. The van der Waals surface area contributed by atoms with Crippen LogP contribution in [0.5, 0.6) is 0 Å². The first-order chi connectivity index (χ1) is 31.8. The second kappa shape index (κ2) is 14.2. The van der Waals surface area contributed by atoms with Crippen LogP contribution in [0.2, 0.25) is 0 Å². The van der Waals surface area contributed by atoms with E-state index in [-0.39, 0.29) is 33.9 Å². The molecular formula is C63H65BN2S. The van der Waals surface area contributed by atoms with Gasteiger partial charge in [-0.2, -0.15) is 0 Å². The molecule has 0 radical (unpaired) electrons. The van der Waals surface area contributed by atoms with Crippen LogP contribution in [0.15, 0.2) is 127 Å². The van der Waals surface area contributed by atoms with Gasteiger partial charge in [0.15, 0.2) is 0 Å². The van der Waals surface area contributed by atoms with Crippen LogP contribution in [0.3, 0.4) is 0 Å². The van der Waals surface area contributed by atoms with Gasteiger partial charge in [-0.3, -0.25) is 0 Å². The molecule has 3 aliphatic heterocycles. The predicted molar refractivity (Wildman–Crippen MR) is 293 cm³/mol. The molecule has 1 saturated carbocycles. The van der Waals surface area contributed by atoms with E-state index in [4.69, 9.17) is 0 Å². The van der Waals surface area contributed by atoms with Crippen molar-refractivity contribution in [1.82, 2.24) is 0 Å². The SMILES string of the molecule is Cc1cc2c3c(c1)N1c4c(cc(C(C)(C)C)cc4C4(C)CCCCC14C)B3c1ccc3c(sc4cc(C(C)(C)C)ccc43)c1N2c1c(-c2ccccc2)cc(C(C)(C)C)cc1-c1ccccc1. The number of hydrogen-bond acceptors (Lipinski definition) is 3. The zero-order chi connectivity index (χ0) is 46.7. The van der Waals surface area contributed by atoms with Crippen LogP contribution < -0.4 is 26.2 Å². The molecule has 4 heteroatoms. The van der Waals surface area contributed by atoms with Gasteiger partial charge in [-0.15, -0.1) is 11.3 Å². The highest BCUT2D eigenvalue weighted by atomic mass is 32.1. The van der Waals surface area contributed by atoms with E-state index in [9.17, 15) is 0 Å². The lowest BCUT2D eigenvalue weighted by molar-refractivity contribution is 0.195. The summed E-state index contributed by atoms with van der Waals surface area (Å²) >= 11 is 2.00. The molecule has 0 amide bonds. The maximum Gasteiger partial charge on any atom is 0.252 e. The lowest BCUT2D eigenvalue weighted by atomic mass is 9.33. The summed E-state index contributed by atoms with van der Waals surface area (Å²) in [5.41, 5.74) is 23.1. The van der Waals surface area contributed by atoms with Gasteiger partial charge in [0.05, 0.1) is 21.6 Å². The Morgan fingerprint density at radius 2 is 1.12 bits per heavy atom. The van der Waals surface area contributed by atoms with Crippen molar-refractivity contribution in [2.24, 2.45) is 0 Å². The van der Waals surface area contributed by atoms with E-state index in [1.54, 1.807) is 5.56 Å². The molecule has 1 aromatic heterocycles. The summed E-state index contributed by atoms with van der Waals surface area (Å²) in [4.78, 5) is 5.69. The van der Waals surface area contributed by atoms with Crippen LogP contribution in [0.25, 0.3) is 42.4 Å². The predicted octanol–water partition coefficient (Wildman–Crippen LogP) is 15.9. The summed E-state index contributed by atoms with van der Waals surface area (Å²) in [6.45, 7) is 29.0. The fraction of sp³-hybridized carbons (Fsp3) is 0.333. The highest BCUT2D eigenvalue weighted by Crippen LogP contribution is 2.63. The minimum absolute atomic E-state index is 0.00947. The first-order valence-corrected chi connectivity index (χ1v) is 25.8. The largest absolute Gasteiger partial charge is 0.335 e. The molecule has 2 atom stereocenters. The molecule has 0 spiro atoms. The van der Waals surface area contributed by atoms with Crippen LogP contribution in [0.1, 0.15) is 130 Å². The molecular weight excluding hydrogens is 828 g/mol. The van der Waals surface area contributed by atoms with Gasteiger partial charge in [-0.25, -0.2) is 0 Å². The average Bonchev–Trinajstić information content (AvgIpc) is 3.77. The standard InChI is InChI=1S/C63H65BN2S/c1-38-31-51-54-52(32-38)66-56-48(62(11)29-19-20-30-63(62,66)12)35-43(61(8,9)10)36-50(56)64(54)49-28-27-45-44-26-25-41(59(2,3)4)37-53(44)67-58(45)57(49)65(51)55-46(39-21-15-13-16-22-39)33-42(60(5,6)7)34-47(55)40-23-17-14-18-24-40/h13-18,21-28,31-37H,19-20,29-30H2,1-12H3. The number of anilines is 5. The van der Waals surface area contributed by atoms with Gasteiger partial charge in [0.2, 0.25) is 0 Å². The molecule has 336 valence electrons. The van der Waals surface area contributed by atoms with Crippen LogP contribution in [0, 0.1) is 6.92 Å². The smallest absolute Gasteiger partial charge is 0.252 e. The molecule has 0 saturated heterocycles. The van der Waals surface area contributed by atoms with Crippen molar-refractivity contribution in [3.05, 3.63) is 155 Å². The molecule has 7 aromatic carbocycles. The number of hydrogen-bond donors (Lipinski definition) is 0. The average molecular weight is 893 g/mol. The molecule has 4 aliphatic rings. The van der Waals surface area contributed by atoms with Gasteiger partial charge in [0.1, 0.15) is 0 Å². The molecule has 0 N–H and O–H groups in total. The monoisotopic (exact) mass is 892 g/mol. The zero-order valence-electron chi connectivity index (χ0n) is 41.8. The Morgan fingerprint density at radius 3 is 1.75 bits per heavy atom. The first kappa shape index (κ1) is 42.8. The molecule has 2 unspecified atom stereocenters. The lowest BCUT2D eigenvalue weighted by Crippen LogP contribution is -2.64. The molecule has 1 fully saturated rings. The van der Waals surface area contributed by atoms with Crippen molar-refractivity contribution in [3.63, 3.8) is 0 Å². The zero-order valence-corrected chi connectivity index (χ0v) is 42.6. The minimum atomic E-state index is -0.0769. The van der Waals surface area contributed by atoms with Crippen molar-refractivity contribution in [2.45, 2.75) is 136 Å². The number of aryl methyl sites for hydroxylation is 1. The number of benzene rings is 7. The third-order valence-electron chi connectivity index (χ3n) is 16.9. The van der Waals surface area contributed by atoms with E-state index in [0.717, 1.165) is 0 Å². The Labute approximate surface area is 404 Å². The molecule has 67 heavy (non-hydrogen) atoms. The van der Waals surface area contributed by atoms with E-state index in [1.165, 1.54) is 135 Å². The van der Waals surface area contributed by atoms with E-state index < -0.39 is 0 Å². The van der Waals surface area contributed by atoms with Crippen molar-refractivity contribution in [1.29, 1.82) is 0 Å². The highest BCUT2D eigenvalue weighted by molar-refractivity contribution is 7.26. The van der Waals surface area contributed by atoms with Crippen LogP contribution in [0.4, 0.5) is 28.4 Å². The summed E-state index contributed by atoms with van der Waals surface area (Å²) in [5, 5.41) is 2.68. The van der Waals surface area contributed by atoms with Gasteiger partial charge in [-0.1, -0.05) is 179 Å². The Morgan fingerprint density at radius 1 is 0.537 bits per heavy atom. The summed E-state index contributed by atoms with van der Waals surface area (Å²) in [6, 6.07) is 50.3. The van der Waals surface area contributed by atoms with Gasteiger partial charge in [0.25, 0.3) is 6.71 Å². The third-order valence-corrected chi connectivity index (χ3v) is 18.0. The number of thiophene rings is 1. The van der Waals surface area contributed by atoms with Gasteiger partial charge in [0, 0.05) is 49.1 Å². The van der Waals surface area contributed by atoms with E-state index in [1.807, 2.05) is 11.3 Å². The molecule has 4 heterocycles. The Balaban J connectivity index is 1.29. The molecule has 8 aromatic rings. The number of rotatable bonds is 3. The summed E-state index contributed by atoms with van der Waals surface area (Å²) < 4.78 is 2.72. The quantitative estimate of drug-likeness (QED) is 0.163. The molecule has 0 bridgehead atoms. The van der Waals surface area contributed by atoms with Crippen molar-refractivity contribution < 1.29 is 0 Å². The maximum atomic E-state index is 2.90. The van der Waals surface area contributed by atoms with Crippen molar-refractivity contribution in [3.8, 4) is 22.3 Å². The van der Waals surface area contributed by atoms with Gasteiger partial charge < -0.3 is 9.80 Å². The molecule has 1 aliphatic carbocycles. The summed E-state index contributed by atoms with van der Waals surface area (Å²) in [7, 11) is 0. The van der Waals surface area contributed by atoms with Crippen molar-refractivity contribution in [2.75, 3.05) is 9.80 Å². The van der Waals surface area contributed by atoms with Crippen LogP contribution in [-0.4, -0.2) is 12.3 Å². The third kappa shape index (κ3) is 6.06. The Bertz CT molecular complexity index is 3300. The minimum Gasteiger partial charge on any atom is -0.335 e. The van der Waals surface area contributed by atoms with Crippen LogP contribution >= 0.6 is 11.3 Å². The van der Waals surface area contributed by atoms with E-state index in [0.29, 0.717) is 0 Å². The van der Waals surface area contributed by atoms with Gasteiger partial charge >= 0.3 is 0 Å². The lowest BCUT2D eigenvalue weighted by Gasteiger charge is -2.53. The van der Waals surface area contributed by atoms with Crippen molar-refractivity contribution >= 4 is 83.0 Å². The summed E-state index contributed by atoms with van der Waals surface area (Å²) in [6.07, 6.45) is 4.92. The normalized spacial score (nSPS) is 19.7. The summed E-state index contributed by atoms with van der Waals surface area (Å²) in [5.74, 6) is 0. The second-order valence-electron chi connectivity index (χ2n) is 24.2. The van der Waals surface area contributed by atoms with Gasteiger partial charge in [-0.05, 0) is 129 Å². The maximum absolute atomic E-state index is 2.90. The number of fused-ring (bicyclic) bond motifs is 11. The first-order valence-electron chi connectivity index (χ1n) is 25.0. The Kier molecular flexibility index (Phi) is 9.09. The fourth-order valence-electron chi connectivity index (χ4n) is 12.9. The van der Waals surface area contributed by atoms with E-state index >= 15 is 0 Å². The topological polar surface area (TPSA) is 6.48 Å². The second-order valence-corrected chi connectivity index (χ2v) is 25.2. The highest BCUT2D eigenvalue weighted by Gasteiger charge is 2.61. The molecule has 12 rings (SSSR count). The molecule has 2 nitrogen and oxygen atoms in total. The number of nitrogens with zero attached hydrogens (tertiary/aromatic N) is 2. The van der Waals surface area contributed by atoms with Crippen LogP contribution in [-0.2, 0) is 21.7 Å². The van der Waals surface area contributed by atoms with E-state index in [2.05, 4.69) is 220 Å². The Hall–Kier alpha value is -5.58.